The minimum Gasteiger partial charge on any atom is -0.319 e. The first-order valence-corrected chi connectivity index (χ1v) is 4.85. The van der Waals surface area contributed by atoms with Crippen molar-refractivity contribution in [1.82, 2.24) is 10.2 Å². The van der Waals surface area contributed by atoms with E-state index in [9.17, 15) is 13.2 Å². The summed E-state index contributed by atoms with van der Waals surface area (Å²) in [7, 11) is 3.39. The fourth-order valence-electron chi connectivity index (χ4n) is 2.03. The maximum atomic E-state index is 12.1. The molecule has 0 aliphatic heterocycles. The molecule has 1 aliphatic carbocycles. The van der Waals surface area contributed by atoms with Crippen molar-refractivity contribution in [2.45, 2.75) is 25.1 Å². The normalized spacial score (nSPS) is 27.9. The number of alkyl halides is 3. The summed E-state index contributed by atoms with van der Waals surface area (Å²) in [5.41, 5.74) is 0. The van der Waals surface area contributed by atoms with E-state index in [2.05, 4.69) is 5.32 Å². The third-order valence-electron chi connectivity index (χ3n) is 2.84. The molecule has 84 valence electrons. The average Bonchev–Trinajstić information content (AvgIpc) is 1.93. The van der Waals surface area contributed by atoms with Crippen LogP contribution in [0.25, 0.3) is 0 Å². The van der Waals surface area contributed by atoms with Gasteiger partial charge in [0, 0.05) is 6.04 Å². The molecule has 0 amide bonds. The highest BCUT2D eigenvalue weighted by atomic mass is 19.4. The van der Waals surface area contributed by atoms with Gasteiger partial charge in [0.1, 0.15) is 0 Å². The largest absolute Gasteiger partial charge is 0.401 e. The van der Waals surface area contributed by atoms with E-state index in [1.807, 2.05) is 7.05 Å². The molecule has 0 saturated heterocycles. The molecule has 1 saturated carbocycles. The molecule has 0 bridgehead atoms. The lowest BCUT2D eigenvalue weighted by molar-refractivity contribution is -0.153. The van der Waals surface area contributed by atoms with Crippen molar-refractivity contribution in [2.75, 3.05) is 27.2 Å². The van der Waals surface area contributed by atoms with E-state index in [4.69, 9.17) is 0 Å². The Hall–Kier alpha value is -0.290. The molecule has 1 rings (SSSR count). The van der Waals surface area contributed by atoms with Gasteiger partial charge in [-0.25, -0.2) is 0 Å². The zero-order valence-electron chi connectivity index (χ0n) is 8.56. The molecule has 2 nitrogen and oxygen atoms in total. The van der Waals surface area contributed by atoms with Crippen LogP contribution in [0.2, 0.25) is 0 Å². The van der Waals surface area contributed by atoms with Crippen molar-refractivity contribution in [3.8, 4) is 0 Å². The Kier molecular flexibility index (Phi) is 3.78. The fourth-order valence-corrected chi connectivity index (χ4v) is 2.03. The molecule has 0 radical (unpaired) electrons. The highest BCUT2D eigenvalue weighted by Crippen LogP contribution is 2.32. The summed E-state index contributed by atoms with van der Waals surface area (Å²) >= 11 is 0. The molecule has 0 aromatic heterocycles. The fraction of sp³-hybridized carbons (Fsp3) is 1.00. The van der Waals surface area contributed by atoms with Crippen LogP contribution < -0.4 is 5.32 Å². The van der Waals surface area contributed by atoms with Gasteiger partial charge in [0.2, 0.25) is 0 Å². The Morgan fingerprint density at radius 2 is 2.00 bits per heavy atom. The van der Waals surface area contributed by atoms with Gasteiger partial charge in [0.05, 0.1) is 6.54 Å². The van der Waals surface area contributed by atoms with Crippen molar-refractivity contribution >= 4 is 0 Å². The predicted molar refractivity (Wildman–Crippen MR) is 49.1 cm³/mol. The zero-order chi connectivity index (χ0) is 10.8. The summed E-state index contributed by atoms with van der Waals surface area (Å²) in [5, 5.41) is 3.01. The Bertz CT molecular complexity index is 181. The Balaban J connectivity index is 2.34. The SMILES string of the molecule is CNCC1CCC1N(C)CC(F)(F)F. The van der Waals surface area contributed by atoms with Crippen LogP contribution in [0.3, 0.4) is 0 Å². The standard InChI is InChI=1S/C9H17F3N2/c1-13-5-7-3-4-8(7)14(2)6-9(10,11)12/h7-8,13H,3-6H2,1-2H3. The van der Waals surface area contributed by atoms with Crippen molar-refractivity contribution < 1.29 is 13.2 Å². The topological polar surface area (TPSA) is 15.3 Å². The minimum atomic E-state index is -4.07. The van der Waals surface area contributed by atoms with E-state index in [1.165, 1.54) is 4.90 Å². The first-order chi connectivity index (χ1) is 6.44. The number of rotatable bonds is 4. The van der Waals surface area contributed by atoms with Gasteiger partial charge in [-0.2, -0.15) is 13.2 Å². The van der Waals surface area contributed by atoms with E-state index < -0.39 is 12.7 Å². The van der Waals surface area contributed by atoms with Gasteiger partial charge in [0.15, 0.2) is 0 Å². The first-order valence-electron chi connectivity index (χ1n) is 4.85. The first kappa shape index (κ1) is 11.8. The Morgan fingerprint density at radius 3 is 2.36 bits per heavy atom. The van der Waals surface area contributed by atoms with Gasteiger partial charge in [0.25, 0.3) is 0 Å². The second kappa shape index (κ2) is 4.49. The summed E-state index contributed by atoms with van der Waals surface area (Å²) in [6.45, 7) is 0.0186. The maximum Gasteiger partial charge on any atom is 0.401 e. The number of nitrogens with zero attached hydrogens (tertiary/aromatic N) is 1. The third kappa shape index (κ3) is 3.13. The molecule has 1 fully saturated rings. The third-order valence-corrected chi connectivity index (χ3v) is 2.84. The Morgan fingerprint density at radius 1 is 1.36 bits per heavy atom. The smallest absolute Gasteiger partial charge is 0.319 e. The average molecular weight is 210 g/mol. The van der Waals surface area contributed by atoms with Gasteiger partial charge in [-0.05, 0) is 39.4 Å². The molecule has 0 aromatic carbocycles. The van der Waals surface area contributed by atoms with E-state index in [-0.39, 0.29) is 6.04 Å². The van der Waals surface area contributed by atoms with Crippen LogP contribution in [0, 0.1) is 5.92 Å². The van der Waals surface area contributed by atoms with Gasteiger partial charge >= 0.3 is 6.18 Å². The number of nitrogens with one attached hydrogen (secondary N) is 1. The second-order valence-electron chi connectivity index (χ2n) is 3.99. The molecule has 2 atom stereocenters. The van der Waals surface area contributed by atoms with Crippen molar-refractivity contribution in [2.24, 2.45) is 5.92 Å². The minimum absolute atomic E-state index is 0.101. The summed E-state index contributed by atoms with van der Waals surface area (Å²) in [5.74, 6) is 0.382. The zero-order valence-corrected chi connectivity index (χ0v) is 8.56. The van der Waals surface area contributed by atoms with E-state index in [1.54, 1.807) is 7.05 Å². The van der Waals surface area contributed by atoms with Gasteiger partial charge in [-0.1, -0.05) is 0 Å². The number of hydrogen-bond donors (Lipinski definition) is 1. The van der Waals surface area contributed by atoms with Gasteiger partial charge in [-0.3, -0.25) is 4.90 Å². The molecule has 0 aromatic rings. The lowest BCUT2D eigenvalue weighted by atomic mass is 9.78. The van der Waals surface area contributed by atoms with E-state index >= 15 is 0 Å². The molecule has 5 heteroatoms. The summed E-state index contributed by atoms with van der Waals surface area (Å²) in [4.78, 5) is 1.42. The predicted octanol–water partition coefficient (Wildman–Crippen LogP) is 1.48. The van der Waals surface area contributed by atoms with Crippen LogP contribution in [0.5, 0.6) is 0 Å². The molecule has 0 heterocycles. The molecule has 2 unspecified atom stereocenters. The van der Waals surface area contributed by atoms with Crippen molar-refractivity contribution in [1.29, 1.82) is 0 Å². The summed E-state index contributed by atoms with van der Waals surface area (Å²) in [6.07, 6.45) is -2.15. The molecule has 14 heavy (non-hydrogen) atoms. The molecular formula is C9H17F3N2. The van der Waals surface area contributed by atoms with Crippen LogP contribution >= 0.6 is 0 Å². The lowest BCUT2D eigenvalue weighted by Crippen LogP contribution is -2.51. The number of hydrogen-bond acceptors (Lipinski definition) is 2. The van der Waals surface area contributed by atoms with Crippen LogP contribution in [-0.2, 0) is 0 Å². The van der Waals surface area contributed by atoms with Crippen LogP contribution in [0.4, 0.5) is 13.2 Å². The lowest BCUT2D eigenvalue weighted by Gasteiger charge is -2.43. The van der Waals surface area contributed by atoms with Crippen molar-refractivity contribution in [3.63, 3.8) is 0 Å². The molecular weight excluding hydrogens is 193 g/mol. The highest BCUT2D eigenvalue weighted by Gasteiger charge is 2.38. The van der Waals surface area contributed by atoms with Gasteiger partial charge < -0.3 is 5.32 Å². The van der Waals surface area contributed by atoms with E-state index in [0.717, 1.165) is 19.4 Å². The van der Waals surface area contributed by atoms with Crippen molar-refractivity contribution in [3.05, 3.63) is 0 Å². The molecule has 0 spiro atoms. The maximum absolute atomic E-state index is 12.1. The Labute approximate surface area is 82.5 Å². The van der Waals surface area contributed by atoms with Gasteiger partial charge in [-0.15, -0.1) is 0 Å². The molecule has 1 aliphatic rings. The highest BCUT2D eigenvalue weighted by molar-refractivity contribution is 4.89. The second-order valence-corrected chi connectivity index (χ2v) is 3.99. The number of halogens is 3. The van der Waals surface area contributed by atoms with E-state index in [0.29, 0.717) is 5.92 Å². The van der Waals surface area contributed by atoms with Crippen LogP contribution in [0.1, 0.15) is 12.8 Å². The quantitative estimate of drug-likeness (QED) is 0.756. The van der Waals surface area contributed by atoms with Crippen LogP contribution in [0.15, 0.2) is 0 Å². The van der Waals surface area contributed by atoms with Crippen LogP contribution in [-0.4, -0.2) is 44.3 Å². The summed E-state index contributed by atoms with van der Waals surface area (Å²) in [6, 6.07) is 0.101. The summed E-state index contributed by atoms with van der Waals surface area (Å²) < 4.78 is 36.2. The molecule has 1 N–H and O–H groups in total. The monoisotopic (exact) mass is 210 g/mol.